The van der Waals surface area contributed by atoms with Crippen LogP contribution in [0.25, 0.3) is 10.6 Å². The van der Waals surface area contributed by atoms with Crippen LogP contribution in [-0.4, -0.2) is 25.5 Å². The van der Waals surface area contributed by atoms with E-state index in [0.717, 1.165) is 46.1 Å². The quantitative estimate of drug-likeness (QED) is 0.496. The first kappa shape index (κ1) is 16.3. The smallest absolute Gasteiger partial charge is 0.188 e. The van der Waals surface area contributed by atoms with Gasteiger partial charge in [-0.2, -0.15) is 0 Å². The van der Waals surface area contributed by atoms with Crippen LogP contribution in [-0.2, 0) is 4.74 Å². The Hall–Kier alpha value is -1.11. The number of ether oxygens (including phenoxy) is 3. The van der Waals surface area contributed by atoms with Crippen molar-refractivity contribution in [1.29, 1.82) is 0 Å². The van der Waals surface area contributed by atoms with Crippen LogP contribution < -0.4 is 9.47 Å². The maximum atomic E-state index is 5.75. The molecule has 0 spiro atoms. The van der Waals surface area contributed by atoms with Crippen molar-refractivity contribution in [3.05, 3.63) is 28.2 Å². The van der Waals surface area contributed by atoms with Crippen LogP contribution in [0.15, 0.2) is 28.2 Å². The van der Waals surface area contributed by atoms with Gasteiger partial charge in [0.25, 0.3) is 0 Å². The number of unbranched alkanes of at least 4 members (excludes halogenated alkanes) is 1. The minimum atomic E-state index is 0.204. The fourth-order valence-corrected chi connectivity index (χ4v) is 3.00. The summed E-state index contributed by atoms with van der Waals surface area (Å²) in [7, 11) is 1.60. The summed E-state index contributed by atoms with van der Waals surface area (Å²) in [5.74, 6) is 1.57. The predicted molar refractivity (Wildman–Crippen MR) is 88.2 cm³/mol. The Labute approximate surface area is 137 Å². The molecule has 0 aliphatic carbocycles. The van der Waals surface area contributed by atoms with Crippen LogP contribution in [0.2, 0.25) is 0 Å². The van der Waals surface area contributed by atoms with Crippen molar-refractivity contribution in [2.24, 2.45) is 0 Å². The molecule has 0 aliphatic rings. The standard InChI is InChI=1S/C15H18BrNO3S/c1-3-4-7-19-11-5-6-13(20-10-18-2)12(8-11)15-17-14(16)9-21-15/h5-6,8-9H,3-4,7,10H2,1-2H3. The van der Waals surface area contributed by atoms with Crippen molar-refractivity contribution in [3.8, 4) is 22.1 Å². The maximum Gasteiger partial charge on any atom is 0.188 e. The fraction of sp³-hybridized carbons (Fsp3) is 0.400. The zero-order chi connectivity index (χ0) is 15.1. The molecule has 6 heteroatoms. The highest BCUT2D eigenvalue weighted by Gasteiger charge is 2.12. The van der Waals surface area contributed by atoms with E-state index in [-0.39, 0.29) is 6.79 Å². The summed E-state index contributed by atoms with van der Waals surface area (Å²) in [5, 5.41) is 2.83. The summed E-state index contributed by atoms with van der Waals surface area (Å²) < 4.78 is 17.1. The van der Waals surface area contributed by atoms with Crippen molar-refractivity contribution >= 4 is 27.3 Å². The third-order valence-electron chi connectivity index (χ3n) is 2.76. The molecule has 0 saturated heterocycles. The van der Waals surface area contributed by atoms with Gasteiger partial charge in [-0.25, -0.2) is 4.98 Å². The Morgan fingerprint density at radius 1 is 1.29 bits per heavy atom. The fourth-order valence-electron chi connectivity index (χ4n) is 1.73. The highest BCUT2D eigenvalue weighted by atomic mass is 79.9. The second-order valence-electron chi connectivity index (χ2n) is 4.39. The molecule has 0 fully saturated rings. The predicted octanol–water partition coefficient (Wildman–Crippen LogP) is 4.73. The van der Waals surface area contributed by atoms with E-state index in [1.54, 1.807) is 18.4 Å². The summed E-state index contributed by atoms with van der Waals surface area (Å²) in [6.45, 7) is 3.06. The summed E-state index contributed by atoms with van der Waals surface area (Å²) in [6.07, 6.45) is 2.15. The van der Waals surface area contributed by atoms with E-state index in [2.05, 4.69) is 27.8 Å². The molecular weight excluding hydrogens is 354 g/mol. The van der Waals surface area contributed by atoms with Gasteiger partial charge in [0.1, 0.15) is 21.1 Å². The van der Waals surface area contributed by atoms with E-state index in [1.807, 2.05) is 23.6 Å². The van der Waals surface area contributed by atoms with Crippen LogP contribution >= 0.6 is 27.3 Å². The van der Waals surface area contributed by atoms with Gasteiger partial charge in [0.2, 0.25) is 0 Å². The van der Waals surface area contributed by atoms with Crippen molar-refractivity contribution in [1.82, 2.24) is 4.98 Å². The Morgan fingerprint density at radius 3 is 2.81 bits per heavy atom. The van der Waals surface area contributed by atoms with E-state index in [1.165, 1.54) is 0 Å². The van der Waals surface area contributed by atoms with Crippen molar-refractivity contribution < 1.29 is 14.2 Å². The second-order valence-corrected chi connectivity index (χ2v) is 6.06. The van der Waals surface area contributed by atoms with Gasteiger partial charge in [-0.05, 0) is 40.5 Å². The third-order valence-corrected chi connectivity index (χ3v) is 4.34. The van der Waals surface area contributed by atoms with Crippen LogP contribution in [0.3, 0.4) is 0 Å². The molecule has 21 heavy (non-hydrogen) atoms. The average molecular weight is 372 g/mol. The lowest BCUT2D eigenvalue weighted by Crippen LogP contribution is -2.01. The van der Waals surface area contributed by atoms with Gasteiger partial charge in [0, 0.05) is 12.5 Å². The van der Waals surface area contributed by atoms with Gasteiger partial charge in [0.05, 0.1) is 12.2 Å². The molecule has 0 radical (unpaired) electrons. The number of halogens is 1. The molecule has 0 amide bonds. The Bertz CT molecular complexity index is 574. The molecule has 4 nitrogen and oxygen atoms in total. The zero-order valence-corrected chi connectivity index (χ0v) is 14.5. The minimum absolute atomic E-state index is 0.204. The molecule has 0 atom stereocenters. The Morgan fingerprint density at radius 2 is 2.14 bits per heavy atom. The lowest BCUT2D eigenvalue weighted by molar-refractivity contribution is 0.0515. The number of hydrogen-bond donors (Lipinski definition) is 0. The van der Waals surface area contributed by atoms with Crippen molar-refractivity contribution in [3.63, 3.8) is 0 Å². The second kappa shape index (κ2) is 8.36. The number of methoxy groups -OCH3 is 1. The first-order chi connectivity index (χ1) is 10.2. The summed E-state index contributed by atoms with van der Waals surface area (Å²) in [4.78, 5) is 4.45. The molecule has 0 bridgehead atoms. The van der Waals surface area contributed by atoms with Crippen molar-refractivity contribution in [2.75, 3.05) is 20.5 Å². The van der Waals surface area contributed by atoms with Crippen LogP contribution in [0.4, 0.5) is 0 Å². The molecule has 1 heterocycles. The van der Waals surface area contributed by atoms with E-state index in [0.29, 0.717) is 0 Å². The molecule has 0 aliphatic heterocycles. The zero-order valence-electron chi connectivity index (χ0n) is 12.1. The van der Waals surface area contributed by atoms with Gasteiger partial charge in [-0.1, -0.05) is 13.3 Å². The highest BCUT2D eigenvalue weighted by molar-refractivity contribution is 9.10. The van der Waals surface area contributed by atoms with Crippen molar-refractivity contribution in [2.45, 2.75) is 19.8 Å². The molecule has 1 aromatic carbocycles. The lowest BCUT2D eigenvalue weighted by atomic mass is 10.2. The van der Waals surface area contributed by atoms with Crippen LogP contribution in [0, 0.1) is 0 Å². The number of thiazole rings is 1. The third kappa shape index (κ3) is 4.69. The number of hydrogen-bond acceptors (Lipinski definition) is 5. The largest absolute Gasteiger partial charge is 0.494 e. The molecule has 2 aromatic rings. The highest BCUT2D eigenvalue weighted by Crippen LogP contribution is 2.36. The first-order valence-corrected chi connectivity index (χ1v) is 8.42. The minimum Gasteiger partial charge on any atom is -0.494 e. The topological polar surface area (TPSA) is 40.6 Å². The van der Waals surface area contributed by atoms with E-state index < -0.39 is 0 Å². The van der Waals surface area contributed by atoms with E-state index >= 15 is 0 Å². The van der Waals surface area contributed by atoms with Gasteiger partial charge >= 0.3 is 0 Å². The summed E-state index contributed by atoms with van der Waals surface area (Å²) >= 11 is 4.93. The van der Waals surface area contributed by atoms with Crippen LogP contribution in [0.5, 0.6) is 11.5 Å². The number of aromatic nitrogens is 1. The lowest BCUT2D eigenvalue weighted by Gasteiger charge is -2.12. The molecule has 0 unspecified atom stereocenters. The van der Waals surface area contributed by atoms with Gasteiger partial charge in [-0.15, -0.1) is 11.3 Å². The average Bonchev–Trinajstić information content (AvgIpc) is 2.92. The molecular formula is C15H18BrNO3S. The molecule has 0 N–H and O–H groups in total. The molecule has 0 saturated carbocycles. The molecule has 1 aromatic heterocycles. The monoisotopic (exact) mass is 371 g/mol. The maximum absolute atomic E-state index is 5.75. The van der Waals surface area contributed by atoms with Gasteiger partial charge in [0.15, 0.2) is 6.79 Å². The number of nitrogens with zero attached hydrogens (tertiary/aromatic N) is 1. The van der Waals surface area contributed by atoms with Gasteiger partial charge in [-0.3, -0.25) is 0 Å². The SMILES string of the molecule is CCCCOc1ccc(OCOC)c(-c2nc(Br)cs2)c1. The molecule has 114 valence electrons. The molecule has 2 rings (SSSR count). The summed E-state index contributed by atoms with van der Waals surface area (Å²) in [5.41, 5.74) is 0.914. The Kier molecular flexibility index (Phi) is 6.48. The van der Waals surface area contributed by atoms with E-state index in [9.17, 15) is 0 Å². The normalized spacial score (nSPS) is 10.6. The Balaban J connectivity index is 2.25. The first-order valence-electron chi connectivity index (χ1n) is 6.74. The van der Waals surface area contributed by atoms with Crippen LogP contribution in [0.1, 0.15) is 19.8 Å². The number of benzene rings is 1. The summed E-state index contributed by atoms with van der Waals surface area (Å²) in [6, 6.07) is 5.77. The van der Waals surface area contributed by atoms with E-state index in [4.69, 9.17) is 14.2 Å². The van der Waals surface area contributed by atoms with Gasteiger partial charge < -0.3 is 14.2 Å². The number of rotatable bonds is 8.